The minimum Gasteiger partial charge on any atom is -0.497 e. The molecule has 0 saturated carbocycles. The molecule has 2 N–H and O–H groups in total. The highest BCUT2D eigenvalue weighted by molar-refractivity contribution is 7.98. The predicted octanol–water partition coefficient (Wildman–Crippen LogP) is 5.33. The first-order valence-corrected chi connectivity index (χ1v) is 14.1. The van der Waals surface area contributed by atoms with E-state index in [9.17, 15) is 13.2 Å². The van der Waals surface area contributed by atoms with Crippen LogP contribution in [0.4, 0.5) is 17.1 Å². The highest BCUT2D eigenvalue weighted by Gasteiger charge is 2.23. The summed E-state index contributed by atoms with van der Waals surface area (Å²) < 4.78 is 40.1. The molecular formula is C26H31N3O5S2. The summed E-state index contributed by atoms with van der Waals surface area (Å²) in [5.74, 6) is 0.655. The highest BCUT2D eigenvalue weighted by Crippen LogP contribution is 2.32. The number of anilines is 3. The predicted molar refractivity (Wildman–Crippen MR) is 147 cm³/mol. The molecule has 3 aromatic carbocycles. The molecule has 1 amide bonds. The number of ether oxygens (including phenoxy) is 2. The van der Waals surface area contributed by atoms with Crippen molar-refractivity contribution in [1.29, 1.82) is 0 Å². The van der Waals surface area contributed by atoms with Gasteiger partial charge >= 0.3 is 0 Å². The lowest BCUT2D eigenvalue weighted by atomic mass is 10.1. The van der Waals surface area contributed by atoms with Gasteiger partial charge in [-0.15, -0.1) is 11.8 Å². The van der Waals surface area contributed by atoms with Crippen LogP contribution >= 0.6 is 11.8 Å². The summed E-state index contributed by atoms with van der Waals surface area (Å²) in [6.07, 6.45) is 1.94. The van der Waals surface area contributed by atoms with Gasteiger partial charge in [0.2, 0.25) is 0 Å². The molecule has 0 spiro atoms. The molecular weight excluding hydrogens is 498 g/mol. The Hall–Kier alpha value is -3.37. The minimum absolute atomic E-state index is 0.0597. The molecule has 0 saturated heterocycles. The zero-order valence-electron chi connectivity index (χ0n) is 21.0. The number of nitrogens with one attached hydrogen (secondary N) is 2. The third-order valence-electron chi connectivity index (χ3n) is 5.61. The van der Waals surface area contributed by atoms with Crippen LogP contribution in [0.1, 0.15) is 24.2 Å². The van der Waals surface area contributed by atoms with Gasteiger partial charge < -0.3 is 19.7 Å². The van der Waals surface area contributed by atoms with Crippen molar-refractivity contribution in [2.45, 2.75) is 23.6 Å². The molecule has 3 aromatic rings. The molecule has 0 unspecified atom stereocenters. The van der Waals surface area contributed by atoms with Crippen LogP contribution in [-0.4, -0.2) is 47.9 Å². The van der Waals surface area contributed by atoms with Crippen LogP contribution in [0.25, 0.3) is 0 Å². The number of benzene rings is 3. The molecule has 0 fully saturated rings. The van der Waals surface area contributed by atoms with Gasteiger partial charge in [0.15, 0.2) is 0 Å². The van der Waals surface area contributed by atoms with Crippen molar-refractivity contribution in [1.82, 2.24) is 0 Å². The van der Waals surface area contributed by atoms with Gasteiger partial charge in [-0.3, -0.25) is 9.52 Å². The van der Waals surface area contributed by atoms with E-state index in [1.807, 2.05) is 31.1 Å². The normalized spacial score (nSPS) is 11.0. The average Bonchev–Trinajstić information content (AvgIpc) is 2.89. The number of amides is 1. The molecule has 0 aliphatic heterocycles. The first-order valence-electron chi connectivity index (χ1n) is 11.4. The van der Waals surface area contributed by atoms with E-state index in [2.05, 4.69) is 10.0 Å². The second-order valence-electron chi connectivity index (χ2n) is 7.71. The van der Waals surface area contributed by atoms with E-state index in [0.29, 0.717) is 47.2 Å². The molecule has 0 aromatic heterocycles. The number of carbonyl (C=O) groups excluding carboxylic acids is 1. The lowest BCUT2D eigenvalue weighted by Crippen LogP contribution is -2.26. The summed E-state index contributed by atoms with van der Waals surface area (Å²) in [7, 11) is -0.936. The van der Waals surface area contributed by atoms with Crippen molar-refractivity contribution in [3.63, 3.8) is 0 Å². The topological polar surface area (TPSA) is 97.0 Å². The van der Waals surface area contributed by atoms with E-state index in [0.717, 1.165) is 4.90 Å². The van der Waals surface area contributed by atoms with Gasteiger partial charge in [0.25, 0.3) is 15.9 Å². The Labute approximate surface area is 217 Å². The maximum absolute atomic E-state index is 13.5. The Morgan fingerprint density at radius 1 is 0.917 bits per heavy atom. The largest absolute Gasteiger partial charge is 0.497 e. The summed E-state index contributed by atoms with van der Waals surface area (Å²) in [6, 6.07) is 16.8. The summed E-state index contributed by atoms with van der Waals surface area (Å²) in [6.45, 7) is 5.15. The van der Waals surface area contributed by atoms with Gasteiger partial charge in [0.05, 0.1) is 25.5 Å². The van der Waals surface area contributed by atoms with E-state index in [-0.39, 0.29) is 4.90 Å². The van der Waals surface area contributed by atoms with E-state index < -0.39 is 15.9 Å². The van der Waals surface area contributed by atoms with Crippen molar-refractivity contribution in [2.75, 3.05) is 48.5 Å². The molecule has 0 radical (unpaired) electrons. The monoisotopic (exact) mass is 529 g/mol. The maximum Gasteiger partial charge on any atom is 0.264 e. The van der Waals surface area contributed by atoms with Crippen LogP contribution in [0.3, 0.4) is 0 Å². The number of thioether (sulfide) groups is 1. The number of hydrogen-bond donors (Lipinski definition) is 2. The van der Waals surface area contributed by atoms with Crippen molar-refractivity contribution in [3.05, 3.63) is 66.2 Å². The maximum atomic E-state index is 13.5. The standard InChI is InChI=1S/C26H31N3O5S2/c1-6-29(7-2)23-15-10-19(27-26(30)22-14-13-21(35-5)17-24(22)34-4)16-25(23)36(31,32)28-18-8-11-20(33-3)12-9-18/h8-17,28H,6-7H2,1-5H3,(H,27,30). The van der Waals surface area contributed by atoms with E-state index >= 15 is 0 Å². The highest BCUT2D eigenvalue weighted by atomic mass is 32.2. The quantitative estimate of drug-likeness (QED) is 0.324. The van der Waals surface area contributed by atoms with Gasteiger partial charge in [-0.2, -0.15) is 0 Å². The lowest BCUT2D eigenvalue weighted by Gasteiger charge is -2.25. The number of carbonyl (C=O) groups is 1. The summed E-state index contributed by atoms with van der Waals surface area (Å²) >= 11 is 1.54. The molecule has 3 rings (SSSR count). The van der Waals surface area contributed by atoms with Gasteiger partial charge in [0.1, 0.15) is 16.4 Å². The third-order valence-corrected chi connectivity index (χ3v) is 7.74. The van der Waals surface area contributed by atoms with Crippen LogP contribution in [0.5, 0.6) is 11.5 Å². The Morgan fingerprint density at radius 2 is 1.58 bits per heavy atom. The summed E-state index contributed by atoms with van der Waals surface area (Å²) in [5.41, 5.74) is 1.64. The van der Waals surface area contributed by atoms with Gasteiger partial charge in [-0.1, -0.05) is 0 Å². The number of hydrogen-bond acceptors (Lipinski definition) is 7. The van der Waals surface area contributed by atoms with E-state index in [1.165, 1.54) is 13.2 Å². The van der Waals surface area contributed by atoms with Gasteiger partial charge in [-0.25, -0.2) is 8.42 Å². The first-order chi connectivity index (χ1) is 17.3. The number of rotatable bonds is 11. The summed E-state index contributed by atoms with van der Waals surface area (Å²) in [5, 5.41) is 2.81. The van der Waals surface area contributed by atoms with Crippen LogP contribution < -0.4 is 24.4 Å². The van der Waals surface area contributed by atoms with E-state index in [4.69, 9.17) is 9.47 Å². The molecule has 0 atom stereocenters. The zero-order chi connectivity index (χ0) is 26.3. The Kier molecular flexibility index (Phi) is 9.11. The van der Waals surface area contributed by atoms with Crippen molar-refractivity contribution >= 4 is 44.8 Å². The fraction of sp³-hybridized carbons (Fsp3) is 0.269. The molecule has 36 heavy (non-hydrogen) atoms. The second-order valence-corrected chi connectivity index (χ2v) is 10.2. The molecule has 8 nitrogen and oxygen atoms in total. The smallest absolute Gasteiger partial charge is 0.264 e. The molecule has 192 valence electrons. The molecule has 0 bridgehead atoms. The van der Waals surface area contributed by atoms with Crippen molar-refractivity contribution < 1.29 is 22.7 Å². The van der Waals surface area contributed by atoms with Crippen molar-refractivity contribution in [3.8, 4) is 11.5 Å². The van der Waals surface area contributed by atoms with Crippen LogP contribution in [0.2, 0.25) is 0 Å². The first kappa shape index (κ1) is 27.2. The third kappa shape index (κ3) is 6.24. The number of methoxy groups -OCH3 is 2. The number of nitrogens with zero attached hydrogens (tertiary/aromatic N) is 1. The molecule has 0 aliphatic rings. The van der Waals surface area contributed by atoms with Crippen LogP contribution in [-0.2, 0) is 10.0 Å². The average molecular weight is 530 g/mol. The lowest BCUT2D eigenvalue weighted by molar-refractivity contribution is 0.102. The van der Waals surface area contributed by atoms with Gasteiger partial charge in [-0.05, 0) is 80.8 Å². The zero-order valence-corrected chi connectivity index (χ0v) is 22.6. The van der Waals surface area contributed by atoms with E-state index in [1.54, 1.807) is 67.4 Å². The minimum atomic E-state index is -3.98. The molecule has 0 aliphatic carbocycles. The fourth-order valence-corrected chi connectivity index (χ4v) is 5.43. The number of sulfonamides is 1. The van der Waals surface area contributed by atoms with Gasteiger partial charge in [0, 0.05) is 29.4 Å². The SMILES string of the molecule is CCN(CC)c1ccc(NC(=O)c2ccc(SC)cc2OC)cc1S(=O)(=O)Nc1ccc(OC)cc1. The Balaban J connectivity index is 1.98. The Morgan fingerprint density at radius 3 is 2.17 bits per heavy atom. The van der Waals surface area contributed by atoms with Crippen molar-refractivity contribution in [2.24, 2.45) is 0 Å². The summed E-state index contributed by atoms with van der Waals surface area (Å²) in [4.78, 5) is 16.0. The fourth-order valence-electron chi connectivity index (χ4n) is 3.69. The van der Waals surface area contributed by atoms with Crippen LogP contribution in [0, 0.1) is 0 Å². The molecule has 0 heterocycles. The Bertz CT molecular complexity index is 1310. The van der Waals surface area contributed by atoms with Crippen LogP contribution in [0.15, 0.2) is 70.5 Å². The molecule has 10 heteroatoms. The second kappa shape index (κ2) is 12.0.